The second-order valence-electron chi connectivity index (χ2n) is 8.73. The van der Waals surface area contributed by atoms with E-state index in [1.54, 1.807) is 0 Å². The monoisotopic (exact) mass is 301 g/mol. The van der Waals surface area contributed by atoms with Crippen molar-refractivity contribution in [1.82, 2.24) is 0 Å². The lowest BCUT2D eigenvalue weighted by Gasteiger charge is -2.48. The van der Waals surface area contributed by atoms with Crippen LogP contribution >= 0.6 is 0 Å². The van der Waals surface area contributed by atoms with Gasteiger partial charge in [-0.25, -0.2) is 0 Å². The molecule has 1 spiro atoms. The molecule has 0 bridgehead atoms. The number of hydrogen-bond donors (Lipinski definition) is 1. The van der Waals surface area contributed by atoms with E-state index in [0.717, 1.165) is 25.7 Å². The maximum Gasteiger partial charge on any atom is 0.303 e. The summed E-state index contributed by atoms with van der Waals surface area (Å²) in [6.07, 6.45) is 10.4. The van der Waals surface area contributed by atoms with E-state index in [4.69, 9.17) is 5.11 Å². The zero-order valence-corrected chi connectivity index (χ0v) is 14.0. The van der Waals surface area contributed by atoms with Crippen LogP contribution in [0.4, 0.5) is 0 Å². The van der Waals surface area contributed by atoms with Crippen molar-refractivity contribution < 1.29 is 9.90 Å². The maximum absolute atomic E-state index is 10.9. The number of carboxylic acid groups (broad SMARTS) is 1. The number of allylic oxidation sites excluding steroid dienone is 2. The third-order valence-electron chi connectivity index (χ3n) is 7.15. The summed E-state index contributed by atoms with van der Waals surface area (Å²) in [5.74, 6) is -0.204. The summed E-state index contributed by atoms with van der Waals surface area (Å²) >= 11 is 0. The highest BCUT2D eigenvalue weighted by molar-refractivity contribution is 5.66. The van der Waals surface area contributed by atoms with Gasteiger partial charge in [0.05, 0.1) is 11.5 Å². The fraction of sp³-hybridized carbons (Fsp3) is 0.789. The second kappa shape index (κ2) is 4.60. The first kappa shape index (κ1) is 15.6. The standard InChI is InChI=1S/C19H27NO2/c1-16(2)12-17(3)8-5-10-19(17)14(16)7-11-18(19,13-20)9-4-6-15(21)22/h5,10,14H,4,6-9,11-12H2,1-3H3,(H,21,22)/t14-,17-,18+,19-/m1/s1. The fourth-order valence-corrected chi connectivity index (χ4v) is 6.74. The number of rotatable bonds is 4. The molecule has 0 aromatic rings. The Hall–Kier alpha value is -1.30. The Labute approximate surface area is 133 Å². The van der Waals surface area contributed by atoms with Gasteiger partial charge in [0.1, 0.15) is 0 Å². The lowest BCUT2D eigenvalue weighted by Crippen LogP contribution is -2.45. The molecular formula is C19H27NO2. The topological polar surface area (TPSA) is 61.1 Å². The molecule has 4 atom stereocenters. The molecule has 3 rings (SSSR count). The molecule has 3 nitrogen and oxygen atoms in total. The van der Waals surface area contributed by atoms with Crippen LogP contribution in [0, 0.1) is 38.9 Å². The van der Waals surface area contributed by atoms with Crippen molar-refractivity contribution in [1.29, 1.82) is 5.26 Å². The Kier molecular flexibility index (Phi) is 3.26. The molecule has 0 aromatic heterocycles. The van der Waals surface area contributed by atoms with Crippen molar-refractivity contribution in [3.63, 3.8) is 0 Å². The molecule has 3 aliphatic rings. The molecule has 0 saturated heterocycles. The molecule has 0 unspecified atom stereocenters. The molecule has 2 saturated carbocycles. The normalized spacial score (nSPS) is 44.5. The molecule has 22 heavy (non-hydrogen) atoms. The van der Waals surface area contributed by atoms with Crippen molar-refractivity contribution in [2.24, 2.45) is 27.6 Å². The molecule has 3 heteroatoms. The quantitative estimate of drug-likeness (QED) is 0.775. The first-order chi connectivity index (χ1) is 10.2. The lowest BCUT2D eigenvalue weighted by atomic mass is 9.53. The molecule has 3 aliphatic carbocycles. The largest absolute Gasteiger partial charge is 0.481 e. The van der Waals surface area contributed by atoms with Crippen molar-refractivity contribution in [2.75, 3.05) is 0 Å². The highest BCUT2D eigenvalue weighted by Crippen LogP contribution is 2.79. The Morgan fingerprint density at radius 2 is 2.14 bits per heavy atom. The van der Waals surface area contributed by atoms with Crippen LogP contribution in [0.15, 0.2) is 12.2 Å². The molecule has 0 aromatic carbocycles. The molecule has 2 fully saturated rings. The van der Waals surface area contributed by atoms with Crippen LogP contribution in [-0.4, -0.2) is 11.1 Å². The van der Waals surface area contributed by atoms with Gasteiger partial charge < -0.3 is 5.11 Å². The number of carboxylic acids is 1. The van der Waals surface area contributed by atoms with Gasteiger partial charge in [0, 0.05) is 11.8 Å². The first-order valence-electron chi connectivity index (χ1n) is 8.54. The Morgan fingerprint density at radius 3 is 2.77 bits per heavy atom. The van der Waals surface area contributed by atoms with Gasteiger partial charge in [-0.15, -0.1) is 0 Å². The number of aliphatic carboxylic acids is 1. The highest BCUT2D eigenvalue weighted by atomic mass is 16.4. The zero-order valence-electron chi connectivity index (χ0n) is 14.0. The Morgan fingerprint density at radius 1 is 1.41 bits per heavy atom. The summed E-state index contributed by atoms with van der Waals surface area (Å²) < 4.78 is 0. The predicted molar refractivity (Wildman–Crippen MR) is 85.0 cm³/mol. The first-order valence-corrected chi connectivity index (χ1v) is 8.54. The molecule has 120 valence electrons. The fourth-order valence-electron chi connectivity index (χ4n) is 6.74. The van der Waals surface area contributed by atoms with E-state index in [2.05, 4.69) is 39.0 Å². The zero-order chi connectivity index (χ0) is 16.2. The van der Waals surface area contributed by atoms with Gasteiger partial charge in [0.15, 0.2) is 0 Å². The number of carbonyl (C=O) groups is 1. The number of hydrogen-bond acceptors (Lipinski definition) is 2. The molecule has 0 amide bonds. The summed E-state index contributed by atoms with van der Waals surface area (Å²) in [7, 11) is 0. The summed E-state index contributed by atoms with van der Waals surface area (Å²) in [5.41, 5.74) is 0.0148. The van der Waals surface area contributed by atoms with Crippen LogP contribution in [-0.2, 0) is 4.79 Å². The van der Waals surface area contributed by atoms with E-state index in [1.165, 1.54) is 6.42 Å². The summed E-state index contributed by atoms with van der Waals surface area (Å²) in [5, 5.41) is 19.1. The third-order valence-corrected chi connectivity index (χ3v) is 7.15. The van der Waals surface area contributed by atoms with E-state index in [0.29, 0.717) is 12.3 Å². The van der Waals surface area contributed by atoms with E-state index in [-0.39, 0.29) is 28.1 Å². The SMILES string of the molecule is CC1(C)C[C@@]2(C)CC=C[C@@]23[C@@H]1CC[C@]3(C#N)CCCC(=O)O. The van der Waals surface area contributed by atoms with E-state index in [1.807, 2.05) is 0 Å². The van der Waals surface area contributed by atoms with Crippen LogP contribution in [0.1, 0.15) is 65.7 Å². The van der Waals surface area contributed by atoms with Crippen molar-refractivity contribution in [3.05, 3.63) is 12.2 Å². The predicted octanol–water partition coefficient (Wildman–Crippen LogP) is 4.54. The molecular weight excluding hydrogens is 274 g/mol. The van der Waals surface area contributed by atoms with Crippen molar-refractivity contribution >= 4 is 5.97 Å². The highest BCUT2D eigenvalue weighted by Gasteiger charge is 2.74. The van der Waals surface area contributed by atoms with Gasteiger partial charge in [-0.05, 0) is 55.3 Å². The third kappa shape index (κ3) is 1.70. The molecule has 1 N–H and O–H groups in total. The Bertz CT molecular complexity index is 572. The molecule has 0 aliphatic heterocycles. The lowest BCUT2D eigenvalue weighted by molar-refractivity contribution is -0.137. The van der Waals surface area contributed by atoms with Gasteiger partial charge in [0.2, 0.25) is 0 Å². The summed E-state index contributed by atoms with van der Waals surface area (Å²) in [4.78, 5) is 10.9. The van der Waals surface area contributed by atoms with Crippen LogP contribution in [0.3, 0.4) is 0 Å². The average Bonchev–Trinajstić information content (AvgIpc) is 2.95. The Balaban J connectivity index is 2.01. The van der Waals surface area contributed by atoms with Gasteiger partial charge >= 0.3 is 5.97 Å². The van der Waals surface area contributed by atoms with Crippen LogP contribution in [0.2, 0.25) is 0 Å². The second-order valence-corrected chi connectivity index (χ2v) is 8.73. The maximum atomic E-state index is 10.9. The van der Waals surface area contributed by atoms with Gasteiger partial charge in [-0.3, -0.25) is 4.79 Å². The van der Waals surface area contributed by atoms with E-state index in [9.17, 15) is 10.1 Å². The minimum Gasteiger partial charge on any atom is -0.481 e. The van der Waals surface area contributed by atoms with Gasteiger partial charge in [-0.2, -0.15) is 5.26 Å². The van der Waals surface area contributed by atoms with E-state index < -0.39 is 5.97 Å². The number of nitriles is 1. The summed E-state index contributed by atoms with van der Waals surface area (Å²) in [6.45, 7) is 7.09. The number of nitrogens with zero attached hydrogens (tertiary/aromatic N) is 1. The smallest absolute Gasteiger partial charge is 0.303 e. The minimum absolute atomic E-state index is 0.0449. The van der Waals surface area contributed by atoms with Crippen LogP contribution in [0.25, 0.3) is 0 Å². The molecule has 0 radical (unpaired) electrons. The van der Waals surface area contributed by atoms with Gasteiger partial charge in [0.25, 0.3) is 0 Å². The van der Waals surface area contributed by atoms with Crippen LogP contribution < -0.4 is 0 Å². The summed E-state index contributed by atoms with van der Waals surface area (Å²) in [6, 6.07) is 2.70. The van der Waals surface area contributed by atoms with Crippen molar-refractivity contribution in [3.8, 4) is 6.07 Å². The minimum atomic E-state index is -0.753. The van der Waals surface area contributed by atoms with E-state index >= 15 is 0 Å². The van der Waals surface area contributed by atoms with Crippen molar-refractivity contribution in [2.45, 2.75) is 65.7 Å². The average molecular weight is 301 g/mol. The van der Waals surface area contributed by atoms with Gasteiger partial charge in [-0.1, -0.05) is 32.9 Å². The molecule has 0 heterocycles. The van der Waals surface area contributed by atoms with Crippen LogP contribution in [0.5, 0.6) is 0 Å².